The van der Waals surface area contributed by atoms with Gasteiger partial charge in [-0.1, -0.05) is 24.3 Å². The molecule has 2 rings (SSSR count). The van der Waals surface area contributed by atoms with E-state index in [0.717, 1.165) is 35.8 Å². The van der Waals surface area contributed by atoms with Crippen molar-refractivity contribution in [3.63, 3.8) is 0 Å². The Morgan fingerprint density at radius 2 is 1.81 bits per heavy atom. The predicted octanol–water partition coefficient (Wildman–Crippen LogP) is 4.06. The topological polar surface area (TPSA) is 74.8 Å². The number of benzene rings is 2. The molecule has 6 nitrogen and oxygen atoms in total. The highest BCUT2D eigenvalue weighted by atomic mass is 127. The van der Waals surface area contributed by atoms with Crippen LogP contribution in [0, 0.1) is 6.92 Å². The molecule has 0 aliphatic rings. The summed E-state index contributed by atoms with van der Waals surface area (Å²) in [5, 5.41) is 9.62. The largest absolute Gasteiger partial charge is 0.496 e. The van der Waals surface area contributed by atoms with Crippen molar-refractivity contribution in [2.24, 2.45) is 4.99 Å². The predicted molar refractivity (Wildman–Crippen MR) is 139 cm³/mol. The van der Waals surface area contributed by atoms with Gasteiger partial charge in [0.1, 0.15) is 5.75 Å². The first-order chi connectivity index (χ1) is 14.2. The van der Waals surface area contributed by atoms with E-state index in [4.69, 9.17) is 4.74 Å². The number of ether oxygens (including phenoxy) is 1. The standard InChI is InChI=1S/C24H34N4O2.HI/c1-17-10-11-18(15-21(17)30-6)12-13-26-23(25-5)27-16-19-8-7-9-20(14-19)22(29)28-24(2,3)4;/h7-11,14-15H,12-13,16H2,1-6H3,(H,28,29)(H2,25,26,27);1H. The summed E-state index contributed by atoms with van der Waals surface area (Å²) in [5.74, 6) is 1.56. The summed E-state index contributed by atoms with van der Waals surface area (Å²) in [5.41, 5.74) is 3.74. The minimum Gasteiger partial charge on any atom is -0.496 e. The van der Waals surface area contributed by atoms with Crippen molar-refractivity contribution in [2.75, 3.05) is 20.7 Å². The van der Waals surface area contributed by atoms with Crippen LogP contribution in [0.2, 0.25) is 0 Å². The van der Waals surface area contributed by atoms with Crippen LogP contribution >= 0.6 is 24.0 Å². The lowest BCUT2D eigenvalue weighted by Gasteiger charge is -2.20. The Morgan fingerprint density at radius 1 is 1.06 bits per heavy atom. The first-order valence-corrected chi connectivity index (χ1v) is 10.2. The van der Waals surface area contributed by atoms with Crippen molar-refractivity contribution >= 4 is 35.8 Å². The fourth-order valence-corrected chi connectivity index (χ4v) is 2.99. The molecule has 0 unspecified atom stereocenters. The smallest absolute Gasteiger partial charge is 0.251 e. The third-order valence-corrected chi connectivity index (χ3v) is 4.54. The van der Waals surface area contributed by atoms with Crippen LogP contribution in [-0.4, -0.2) is 38.1 Å². The molecule has 0 atom stereocenters. The molecule has 31 heavy (non-hydrogen) atoms. The number of carbonyl (C=O) groups excluding carboxylic acids is 1. The molecular formula is C24H35IN4O2. The highest BCUT2D eigenvalue weighted by molar-refractivity contribution is 14.0. The molecule has 0 bridgehead atoms. The van der Waals surface area contributed by atoms with E-state index in [9.17, 15) is 4.79 Å². The first-order valence-electron chi connectivity index (χ1n) is 10.2. The molecule has 0 radical (unpaired) electrons. The van der Waals surface area contributed by atoms with E-state index in [0.29, 0.717) is 12.1 Å². The lowest BCUT2D eigenvalue weighted by atomic mass is 10.1. The summed E-state index contributed by atoms with van der Waals surface area (Å²) < 4.78 is 5.39. The van der Waals surface area contributed by atoms with Crippen LogP contribution < -0.4 is 20.7 Å². The molecule has 2 aromatic rings. The van der Waals surface area contributed by atoms with Gasteiger partial charge in [-0.15, -0.1) is 24.0 Å². The number of amides is 1. The van der Waals surface area contributed by atoms with Gasteiger partial charge in [-0.3, -0.25) is 9.79 Å². The molecule has 0 saturated heterocycles. The fourth-order valence-electron chi connectivity index (χ4n) is 2.99. The zero-order chi connectivity index (χ0) is 22.1. The van der Waals surface area contributed by atoms with Crippen LogP contribution in [0.1, 0.15) is 47.8 Å². The van der Waals surface area contributed by atoms with Crippen LogP contribution in [0.3, 0.4) is 0 Å². The SMILES string of the molecule is CN=C(NCCc1ccc(C)c(OC)c1)NCc1cccc(C(=O)NC(C)(C)C)c1.I. The van der Waals surface area contributed by atoms with Crippen molar-refractivity contribution in [1.82, 2.24) is 16.0 Å². The number of aliphatic imine (C=N–C) groups is 1. The normalized spacial score (nSPS) is 11.4. The van der Waals surface area contributed by atoms with Crippen LogP contribution in [0.15, 0.2) is 47.5 Å². The van der Waals surface area contributed by atoms with E-state index in [-0.39, 0.29) is 35.4 Å². The second kappa shape index (κ2) is 12.5. The maximum absolute atomic E-state index is 12.4. The third kappa shape index (κ3) is 9.16. The first kappa shape index (κ1) is 26.7. The summed E-state index contributed by atoms with van der Waals surface area (Å²) in [6.45, 7) is 9.28. The fraction of sp³-hybridized carbons (Fsp3) is 0.417. The van der Waals surface area contributed by atoms with Crippen LogP contribution in [-0.2, 0) is 13.0 Å². The summed E-state index contributed by atoms with van der Waals surface area (Å²) in [7, 11) is 3.44. The van der Waals surface area contributed by atoms with E-state index in [1.54, 1.807) is 14.2 Å². The molecule has 0 aliphatic heterocycles. The van der Waals surface area contributed by atoms with Gasteiger partial charge in [0.15, 0.2) is 5.96 Å². The Balaban J connectivity index is 0.00000480. The number of aryl methyl sites for hydroxylation is 1. The Hall–Kier alpha value is -2.29. The van der Waals surface area contributed by atoms with Gasteiger partial charge >= 0.3 is 0 Å². The van der Waals surface area contributed by atoms with Crippen molar-refractivity contribution < 1.29 is 9.53 Å². The van der Waals surface area contributed by atoms with Gasteiger partial charge in [0.05, 0.1) is 7.11 Å². The van der Waals surface area contributed by atoms with Crippen molar-refractivity contribution in [2.45, 2.75) is 46.2 Å². The van der Waals surface area contributed by atoms with Gasteiger partial charge in [-0.05, 0) is 69.0 Å². The molecule has 3 N–H and O–H groups in total. The second-order valence-corrected chi connectivity index (χ2v) is 8.31. The highest BCUT2D eigenvalue weighted by Crippen LogP contribution is 2.19. The number of halogens is 1. The number of hydrogen-bond acceptors (Lipinski definition) is 3. The minimum atomic E-state index is -0.265. The Kier molecular flexibility index (Phi) is 10.8. The molecule has 2 aromatic carbocycles. The maximum atomic E-state index is 12.4. The molecule has 0 aromatic heterocycles. The molecule has 0 spiro atoms. The molecule has 0 saturated carbocycles. The number of nitrogens with zero attached hydrogens (tertiary/aromatic N) is 1. The van der Waals surface area contributed by atoms with E-state index in [1.807, 2.05) is 52.0 Å². The molecular weight excluding hydrogens is 503 g/mol. The molecule has 0 fully saturated rings. The summed E-state index contributed by atoms with van der Waals surface area (Å²) in [6, 6.07) is 13.9. The van der Waals surface area contributed by atoms with Crippen LogP contribution in [0.4, 0.5) is 0 Å². The van der Waals surface area contributed by atoms with Gasteiger partial charge in [0.2, 0.25) is 0 Å². The van der Waals surface area contributed by atoms with Crippen LogP contribution in [0.5, 0.6) is 5.75 Å². The molecule has 1 amide bonds. The Labute approximate surface area is 203 Å². The molecule has 170 valence electrons. The number of guanidine groups is 1. The van der Waals surface area contributed by atoms with Crippen molar-refractivity contribution in [1.29, 1.82) is 0 Å². The van der Waals surface area contributed by atoms with Crippen molar-refractivity contribution in [3.05, 3.63) is 64.7 Å². The Morgan fingerprint density at radius 3 is 2.45 bits per heavy atom. The molecule has 7 heteroatoms. The number of hydrogen-bond donors (Lipinski definition) is 3. The van der Waals surface area contributed by atoms with Gasteiger partial charge in [-0.2, -0.15) is 0 Å². The third-order valence-electron chi connectivity index (χ3n) is 4.54. The summed E-state index contributed by atoms with van der Waals surface area (Å²) in [4.78, 5) is 16.7. The van der Waals surface area contributed by atoms with E-state index < -0.39 is 0 Å². The average Bonchev–Trinajstić information content (AvgIpc) is 2.70. The highest BCUT2D eigenvalue weighted by Gasteiger charge is 2.15. The quantitative estimate of drug-likeness (QED) is 0.283. The zero-order valence-electron chi connectivity index (χ0n) is 19.3. The molecule has 0 heterocycles. The number of nitrogens with one attached hydrogen (secondary N) is 3. The van der Waals surface area contributed by atoms with Gasteiger partial charge < -0.3 is 20.7 Å². The average molecular weight is 538 g/mol. The van der Waals surface area contributed by atoms with Gasteiger partial charge in [0.25, 0.3) is 5.91 Å². The van der Waals surface area contributed by atoms with E-state index >= 15 is 0 Å². The van der Waals surface area contributed by atoms with Crippen molar-refractivity contribution in [3.8, 4) is 5.75 Å². The monoisotopic (exact) mass is 538 g/mol. The zero-order valence-corrected chi connectivity index (χ0v) is 21.7. The summed E-state index contributed by atoms with van der Waals surface area (Å²) in [6.07, 6.45) is 0.861. The Bertz CT molecular complexity index is 891. The number of rotatable bonds is 7. The van der Waals surface area contributed by atoms with E-state index in [1.165, 1.54) is 5.56 Å². The number of carbonyl (C=O) groups is 1. The maximum Gasteiger partial charge on any atom is 0.251 e. The van der Waals surface area contributed by atoms with Crippen LogP contribution in [0.25, 0.3) is 0 Å². The summed E-state index contributed by atoms with van der Waals surface area (Å²) >= 11 is 0. The minimum absolute atomic E-state index is 0. The lowest BCUT2D eigenvalue weighted by molar-refractivity contribution is 0.0919. The van der Waals surface area contributed by atoms with Gasteiger partial charge in [0, 0.05) is 31.2 Å². The molecule has 0 aliphatic carbocycles. The van der Waals surface area contributed by atoms with E-state index in [2.05, 4.69) is 39.1 Å². The lowest BCUT2D eigenvalue weighted by Crippen LogP contribution is -2.40. The van der Waals surface area contributed by atoms with Gasteiger partial charge in [-0.25, -0.2) is 0 Å². The second-order valence-electron chi connectivity index (χ2n) is 8.31. The number of methoxy groups -OCH3 is 1.